The lowest BCUT2D eigenvalue weighted by molar-refractivity contribution is -0.292. The van der Waals surface area contributed by atoms with E-state index in [9.17, 15) is 40.4 Å². The molecule has 0 fully saturated rings. The van der Waals surface area contributed by atoms with Gasteiger partial charge in [0.25, 0.3) is 0 Å². The lowest BCUT2D eigenvalue weighted by atomic mass is 10.1. The first-order valence-corrected chi connectivity index (χ1v) is 8.33. The van der Waals surface area contributed by atoms with E-state index in [1.54, 1.807) is 0 Å². The fourth-order valence-corrected chi connectivity index (χ4v) is 2.91. The van der Waals surface area contributed by atoms with Crippen LogP contribution in [0.25, 0.3) is 11.3 Å². The van der Waals surface area contributed by atoms with Crippen molar-refractivity contribution in [1.82, 2.24) is 4.57 Å². The normalized spacial score (nSPS) is 12.7. The second-order valence-corrected chi connectivity index (χ2v) is 6.07. The molecule has 0 aliphatic rings. The summed E-state index contributed by atoms with van der Waals surface area (Å²) in [6, 6.07) is 4.96. The van der Waals surface area contributed by atoms with E-state index < -0.39 is 52.9 Å². The van der Waals surface area contributed by atoms with Crippen molar-refractivity contribution in [1.29, 1.82) is 5.26 Å². The van der Waals surface area contributed by atoms with E-state index >= 15 is 0 Å². The SMILES string of the molecule is CCOCn1c(-c2ccc(OC(F)(F)F)cc2)c(C#N)c(Cl)c1C(F)(F)C(F)(F)F. The quantitative estimate of drug-likeness (QED) is 0.478. The second kappa shape index (κ2) is 8.31. The molecule has 2 rings (SSSR count). The van der Waals surface area contributed by atoms with Gasteiger partial charge in [-0.1, -0.05) is 11.6 Å². The fourth-order valence-electron chi connectivity index (χ4n) is 2.56. The monoisotopic (exact) mass is 462 g/mol. The van der Waals surface area contributed by atoms with Gasteiger partial charge in [-0.2, -0.15) is 27.2 Å². The third kappa shape index (κ3) is 4.62. The van der Waals surface area contributed by atoms with E-state index in [-0.39, 0.29) is 12.2 Å². The Labute approximate surface area is 169 Å². The van der Waals surface area contributed by atoms with Crippen molar-refractivity contribution in [3.63, 3.8) is 0 Å². The minimum atomic E-state index is -6.03. The molecule has 0 radical (unpaired) electrons. The van der Waals surface area contributed by atoms with Gasteiger partial charge < -0.3 is 14.0 Å². The van der Waals surface area contributed by atoms with Crippen LogP contribution in [0.15, 0.2) is 24.3 Å². The Balaban J connectivity index is 2.73. The molecule has 0 bridgehead atoms. The molecule has 2 aromatic rings. The molecule has 0 unspecified atom stereocenters. The highest BCUT2D eigenvalue weighted by Gasteiger charge is 2.62. The number of rotatable bonds is 6. The zero-order valence-electron chi connectivity index (χ0n) is 14.8. The molecule has 0 saturated heterocycles. The Bertz CT molecular complexity index is 943. The van der Waals surface area contributed by atoms with Gasteiger partial charge in [-0.3, -0.25) is 0 Å². The predicted molar refractivity (Wildman–Crippen MR) is 87.9 cm³/mol. The molecule has 0 aliphatic heterocycles. The summed E-state index contributed by atoms with van der Waals surface area (Å²) in [6.45, 7) is 0.544. The van der Waals surface area contributed by atoms with Gasteiger partial charge in [0, 0.05) is 6.61 Å². The lowest BCUT2D eigenvalue weighted by Crippen LogP contribution is -2.36. The number of alkyl halides is 8. The van der Waals surface area contributed by atoms with Crippen molar-refractivity contribution in [2.24, 2.45) is 0 Å². The first kappa shape index (κ1) is 23.8. The second-order valence-electron chi connectivity index (χ2n) is 5.69. The number of nitrogens with zero attached hydrogens (tertiary/aromatic N) is 2. The number of ether oxygens (including phenoxy) is 2. The number of hydrogen-bond donors (Lipinski definition) is 0. The smallest absolute Gasteiger partial charge is 0.406 e. The molecule has 0 amide bonds. The third-order valence-corrected chi connectivity index (χ3v) is 4.12. The van der Waals surface area contributed by atoms with E-state index in [0.717, 1.165) is 24.3 Å². The van der Waals surface area contributed by atoms with Crippen molar-refractivity contribution in [2.75, 3.05) is 6.61 Å². The van der Waals surface area contributed by atoms with Gasteiger partial charge in [-0.25, -0.2) is 0 Å². The standard InChI is InChI=1S/C17H11ClF8N2O2/c1-2-29-8-28-13(9-3-5-10(6-4-9)30-17(24,25)26)11(7-27)12(18)14(28)15(19,20)16(21,22)23/h3-6H,2,8H2,1H3. The highest BCUT2D eigenvalue weighted by molar-refractivity contribution is 6.33. The third-order valence-electron chi connectivity index (χ3n) is 3.76. The Morgan fingerprint density at radius 2 is 1.60 bits per heavy atom. The average molecular weight is 463 g/mol. The lowest BCUT2D eigenvalue weighted by Gasteiger charge is -2.23. The van der Waals surface area contributed by atoms with Gasteiger partial charge in [-0.15, -0.1) is 13.2 Å². The summed E-state index contributed by atoms with van der Waals surface area (Å²) in [4.78, 5) is 0. The van der Waals surface area contributed by atoms with E-state index in [1.165, 1.54) is 13.0 Å². The highest BCUT2D eigenvalue weighted by atomic mass is 35.5. The molecule has 1 aromatic carbocycles. The van der Waals surface area contributed by atoms with Crippen LogP contribution >= 0.6 is 11.6 Å². The molecular weight excluding hydrogens is 452 g/mol. The summed E-state index contributed by atoms with van der Waals surface area (Å²) in [5.74, 6) is -6.11. The fraction of sp³-hybridized carbons (Fsp3) is 0.353. The van der Waals surface area contributed by atoms with Crippen LogP contribution in [0.3, 0.4) is 0 Å². The highest BCUT2D eigenvalue weighted by Crippen LogP contribution is 2.50. The summed E-state index contributed by atoms with van der Waals surface area (Å²) < 4.78 is 113. The van der Waals surface area contributed by atoms with Gasteiger partial charge in [-0.05, 0) is 36.8 Å². The van der Waals surface area contributed by atoms with Gasteiger partial charge >= 0.3 is 18.5 Å². The summed E-state index contributed by atoms with van der Waals surface area (Å²) in [5.41, 5.74) is -3.08. The van der Waals surface area contributed by atoms with Crippen LogP contribution in [-0.2, 0) is 17.4 Å². The molecular formula is C17H11ClF8N2O2. The molecule has 4 nitrogen and oxygen atoms in total. The van der Waals surface area contributed by atoms with Crippen molar-refractivity contribution in [2.45, 2.75) is 32.1 Å². The summed E-state index contributed by atoms with van der Waals surface area (Å²) in [6.07, 6.45) is -11.0. The number of nitriles is 1. The van der Waals surface area contributed by atoms with Gasteiger partial charge in [0.05, 0.1) is 16.3 Å². The molecule has 0 saturated carbocycles. The van der Waals surface area contributed by atoms with Gasteiger partial charge in [0.1, 0.15) is 24.2 Å². The largest absolute Gasteiger partial charge is 0.573 e. The van der Waals surface area contributed by atoms with Crippen LogP contribution in [0.2, 0.25) is 5.02 Å². The molecule has 0 N–H and O–H groups in total. The van der Waals surface area contributed by atoms with E-state index in [4.69, 9.17) is 16.3 Å². The molecule has 1 aromatic heterocycles. The Morgan fingerprint density at radius 3 is 2.03 bits per heavy atom. The number of hydrogen-bond acceptors (Lipinski definition) is 3. The van der Waals surface area contributed by atoms with Crippen molar-refractivity contribution in [3.8, 4) is 23.1 Å². The molecule has 0 aliphatic carbocycles. The van der Waals surface area contributed by atoms with Crippen LogP contribution in [0.5, 0.6) is 5.75 Å². The summed E-state index contributed by atoms with van der Waals surface area (Å²) >= 11 is 5.72. The van der Waals surface area contributed by atoms with E-state index in [1.807, 2.05) is 0 Å². The van der Waals surface area contributed by atoms with E-state index in [0.29, 0.717) is 4.57 Å². The maximum atomic E-state index is 14.2. The Morgan fingerprint density at radius 1 is 1.03 bits per heavy atom. The maximum Gasteiger partial charge on any atom is 0.573 e. The van der Waals surface area contributed by atoms with Crippen LogP contribution < -0.4 is 4.74 Å². The first-order chi connectivity index (χ1) is 13.7. The number of benzene rings is 1. The van der Waals surface area contributed by atoms with Crippen molar-refractivity contribution >= 4 is 11.6 Å². The van der Waals surface area contributed by atoms with Gasteiger partial charge in [0.2, 0.25) is 0 Å². The molecule has 164 valence electrons. The molecule has 0 spiro atoms. The minimum absolute atomic E-state index is 0.0769. The van der Waals surface area contributed by atoms with Crippen molar-refractivity contribution in [3.05, 3.63) is 40.5 Å². The van der Waals surface area contributed by atoms with Crippen molar-refractivity contribution < 1.29 is 44.6 Å². The zero-order chi connectivity index (χ0) is 22.9. The Kier molecular flexibility index (Phi) is 6.58. The average Bonchev–Trinajstić information content (AvgIpc) is 2.90. The number of aromatic nitrogens is 1. The summed E-state index contributed by atoms with van der Waals surface area (Å²) in [5, 5.41) is 8.16. The minimum Gasteiger partial charge on any atom is -0.406 e. The topological polar surface area (TPSA) is 47.2 Å². The number of halogens is 9. The van der Waals surface area contributed by atoms with Crippen LogP contribution in [0, 0.1) is 11.3 Å². The van der Waals surface area contributed by atoms with Crippen LogP contribution in [-0.4, -0.2) is 23.7 Å². The molecule has 0 atom stereocenters. The molecule has 1 heterocycles. The molecule has 30 heavy (non-hydrogen) atoms. The zero-order valence-corrected chi connectivity index (χ0v) is 15.6. The van der Waals surface area contributed by atoms with Crippen LogP contribution in [0.4, 0.5) is 35.1 Å². The van der Waals surface area contributed by atoms with Gasteiger partial charge in [0.15, 0.2) is 0 Å². The molecule has 13 heteroatoms. The first-order valence-electron chi connectivity index (χ1n) is 7.95. The van der Waals surface area contributed by atoms with Crippen LogP contribution in [0.1, 0.15) is 18.2 Å². The predicted octanol–water partition coefficient (Wildman–Crippen LogP) is 6.23. The Hall–Kier alpha value is -2.52. The van der Waals surface area contributed by atoms with E-state index in [2.05, 4.69) is 4.74 Å². The maximum absolute atomic E-state index is 14.2. The summed E-state index contributed by atoms with van der Waals surface area (Å²) in [7, 11) is 0.